The van der Waals surface area contributed by atoms with Crippen molar-refractivity contribution in [3.63, 3.8) is 0 Å². The van der Waals surface area contributed by atoms with Crippen molar-refractivity contribution in [2.24, 2.45) is 29.6 Å². The Kier molecular flexibility index (Phi) is 21.8. The number of Topliss-reactive ketones (excluding diaryl/α,β-unsaturated/α-hetero) is 2. The lowest BCUT2D eigenvalue weighted by molar-refractivity contribution is -0.302. The van der Waals surface area contributed by atoms with Crippen molar-refractivity contribution < 1.29 is 61.9 Å². The standard InChI is InChI=1S/C55H97NO13Si2/c1-34-27-35(2)29-46(64-13)49-47(65-14)31-37(4)55(62,67-49)50(59)51(60)56-25-20-19-21-41(56)52(61)66-48(36(3)30-39-22-23-43(45(32-39)63-12)68-70(15,16)53(6,7)8)38(5)44(69-71(17,18)54(9,10)11)33-42(58)40(28-34)24-26-57/h28,30,35,37-41,43-49,57,62H,19-27,29,31-33H2,1-18H3/b34-28+,36-30+/t35-,37+,38+,39?,40+,41?,43-,44-,45+,46-,47-,48+,49+,55+/m0/s1. The number of hydrogen-bond donors (Lipinski definition) is 2. The summed E-state index contributed by atoms with van der Waals surface area (Å²) in [5.41, 5.74) is 1.75. The second kappa shape index (κ2) is 25.1. The van der Waals surface area contributed by atoms with Gasteiger partial charge in [-0.25, -0.2) is 4.79 Å². The molecule has 2 bridgehead atoms. The van der Waals surface area contributed by atoms with Gasteiger partial charge in [-0.2, -0.15) is 0 Å². The van der Waals surface area contributed by atoms with Crippen LogP contribution in [0.4, 0.5) is 0 Å². The molecular formula is C55H97NO13Si2. The number of carbonyl (C=O) groups excluding carboxylic acids is 4. The lowest BCUT2D eigenvalue weighted by Gasteiger charge is -2.47. The number of aliphatic hydroxyl groups excluding tert-OH is 1. The number of fused-ring (bicyclic) bond motifs is 3. The Hall–Kier alpha value is -2.13. The Morgan fingerprint density at radius 1 is 0.803 bits per heavy atom. The maximum atomic E-state index is 15.0. The minimum Gasteiger partial charge on any atom is -0.456 e. The van der Waals surface area contributed by atoms with Crippen LogP contribution in [0.1, 0.15) is 147 Å². The van der Waals surface area contributed by atoms with Gasteiger partial charge in [-0.05, 0) is 132 Å². The zero-order chi connectivity index (χ0) is 53.6. The summed E-state index contributed by atoms with van der Waals surface area (Å²) in [5.74, 6) is -7.37. The molecule has 0 aromatic heterocycles. The molecule has 0 radical (unpaired) electrons. The molecule has 3 heterocycles. The van der Waals surface area contributed by atoms with E-state index in [1.165, 1.54) is 4.90 Å². The van der Waals surface area contributed by atoms with Gasteiger partial charge in [0.15, 0.2) is 16.6 Å². The van der Waals surface area contributed by atoms with Gasteiger partial charge in [0.1, 0.15) is 24.0 Å². The average molecular weight is 1040 g/mol. The molecule has 0 aromatic rings. The number of allylic oxidation sites excluding steroid dienone is 3. The summed E-state index contributed by atoms with van der Waals surface area (Å²) in [4.78, 5) is 60.3. The van der Waals surface area contributed by atoms with Gasteiger partial charge >= 0.3 is 5.97 Å². The molecule has 16 heteroatoms. The van der Waals surface area contributed by atoms with Gasteiger partial charge < -0.3 is 47.6 Å². The fourth-order valence-electron chi connectivity index (χ4n) is 10.8. The summed E-state index contributed by atoms with van der Waals surface area (Å²) in [7, 11) is 0.131. The highest BCUT2D eigenvalue weighted by Crippen LogP contribution is 2.44. The van der Waals surface area contributed by atoms with Gasteiger partial charge in [0.25, 0.3) is 11.7 Å². The predicted octanol–water partition coefficient (Wildman–Crippen LogP) is 9.50. The van der Waals surface area contributed by atoms with E-state index in [0.29, 0.717) is 32.1 Å². The lowest BCUT2D eigenvalue weighted by Crippen LogP contribution is -2.64. The Morgan fingerprint density at radius 2 is 1.38 bits per heavy atom. The average Bonchev–Trinajstić information content (AvgIpc) is 3.28. The first-order valence-corrected chi connectivity index (χ1v) is 32.6. The first-order chi connectivity index (χ1) is 32.9. The summed E-state index contributed by atoms with van der Waals surface area (Å²) in [6, 6.07) is -1.13. The van der Waals surface area contributed by atoms with Crippen molar-refractivity contribution in [3.05, 3.63) is 23.3 Å². The highest BCUT2D eigenvalue weighted by Gasteiger charge is 2.57. The minimum atomic E-state index is -2.59. The summed E-state index contributed by atoms with van der Waals surface area (Å²) >= 11 is 0. The number of carbonyl (C=O) groups is 4. The Bertz CT molecular complexity index is 1870. The van der Waals surface area contributed by atoms with Crippen LogP contribution < -0.4 is 0 Å². The maximum Gasteiger partial charge on any atom is 0.329 e. The van der Waals surface area contributed by atoms with E-state index < -0.39 is 94.4 Å². The number of ketones is 2. The maximum absolute atomic E-state index is 15.0. The number of piperidine rings is 1. The van der Waals surface area contributed by atoms with Gasteiger partial charge in [-0.3, -0.25) is 14.4 Å². The van der Waals surface area contributed by atoms with Crippen molar-refractivity contribution in [3.8, 4) is 0 Å². The number of rotatable bonds is 11. The number of hydrogen-bond acceptors (Lipinski definition) is 13. The van der Waals surface area contributed by atoms with Crippen LogP contribution in [0.5, 0.6) is 0 Å². The van der Waals surface area contributed by atoms with E-state index in [0.717, 1.165) is 24.0 Å². The van der Waals surface area contributed by atoms with Gasteiger partial charge in [0, 0.05) is 58.7 Å². The Balaban J connectivity index is 1.89. The van der Waals surface area contributed by atoms with Crippen molar-refractivity contribution in [2.75, 3.05) is 34.5 Å². The van der Waals surface area contributed by atoms with Crippen LogP contribution in [0.2, 0.25) is 36.3 Å². The zero-order valence-corrected chi connectivity index (χ0v) is 49.2. The normalized spacial score (nSPS) is 36.3. The number of ether oxygens (including phenoxy) is 5. The van der Waals surface area contributed by atoms with Crippen LogP contribution in [-0.2, 0) is 51.7 Å². The molecule has 1 amide bonds. The molecule has 4 rings (SSSR count). The molecule has 3 aliphatic heterocycles. The number of amides is 1. The molecule has 71 heavy (non-hydrogen) atoms. The van der Waals surface area contributed by atoms with Crippen LogP contribution in [-0.4, -0.2) is 144 Å². The van der Waals surface area contributed by atoms with Crippen molar-refractivity contribution in [1.29, 1.82) is 0 Å². The molecule has 1 aliphatic carbocycles. The molecule has 2 saturated heterocycles. The quantitative estimate of drug-likeness (QED) is 0.0867. The molecule has 4 aliphatic rings. The highest BCUT2D eigenvalue weighted by molar-refractivity contribution is 6.74. The van der Waals surface area contributed by atoms with E-state index in [2.05, 4.69) is 80.7 Å². The van der Waals surface area contributed by atoms with Gasteiger partial charge in [-0.15, -0.1) is 0 Å². The fourth-order valence-corrected chi connectivity index (χ4v) is 13.6. The van der Waals surface area contributed by atoms with E-state index >= 15 is 4.79 Å². The third-order valence-electron chi connectivity index (χ3n) is 17.3. The highest BCUT2D eigenvalue weighted by atomic mass is 28.4. The summed E-state index contributed by atoms with van der Waals surface area (Å²) in [6.07, 6.45) is 5.46. The molecule has 2 N–H and O–H groups in total. The molecular weight excluding hydrogens is 939 g/mol. The van der Waals surface area contributed by atoms with E-state index in [-0.39, 0.29) is 78.7 Å². The van der Waals surface area contributed by atoms with Crippen LogP contribution in [0.3, 0.4) is 0 Å². The molecule has 1 saturated carbocycles. The molecule has 408 valence electrons. The Labute approximate surface area is 430 Å². The van der Waals surface area contributed by atoms with Crippen molar-refractivity contribution in [1.82, 2.24) is 4.90 Å². The Morgan fingerprint density at radius 3 is 1.94 bits per heavy atom. The van der Waals surface area contributed by atoms with Crippen molar-refractivity contribution in [2.45, 2.75) is 238 Å². The first-order valence-electron chi connectivity index (χ1n) is 26.7. The number of esters is 1. The molecule has 14 atom stereocenters. The van der Waals surface area contributed by atoms with E-state index in [4.69, 9.17) is 32.5 Å². The van der Waals surface area contributed by atoms with E-state index in [1.54, 1.807) is 28.3 Å². The third-order valence-corrected chi connectivity index (χ3v) is 26.4. The predicted molar refractivity (Wildman–Crippen MR) is 282 cm³/mol. The number of methoxy groups -OCH3 is 3. The van der Waals surface area contributed by atoms with Crippen LogP contribution in [0.25, 0.3) is 0 Å². The van der Waals surface area contributed by atoms with Gasteiger partial charge in [0.05, 0.1) is 30.5 Å². The number of nitrogens with zero attached hydrogens (tertiary/aromatic N) is 1. The summed E-state index contributed by atoms with van der Waals surface area (Å²) < 4.78 is 45.3. The molecule has 2 unspecified atom stereocenters. The minimum absolute atomic E-state index is 0.0116. The second-order valence-corrected chi connectivity index (χ2v) is 34.5. The molecule has 0 spiro atoms. The summed E-state index contributed by atoms with van der Waals surface area (Å²) in [6.45, 7) is 31.5. The second-order valence-electron chi connectivity index (χ2n) is 25.0. The van der Waals surface area contributed by atoms with Gasteiger partial charge in [-0.1, -0.05) is 80.0 Å². The number of aliphatic hydroxyl groups is 2. The summed E-state index contributed by atoms with van der Waals surface area (Å²) in [5, 5.41) is 22.5. The van der Waals surface area contributed by atoms with E-state index in [9.17, 15) is 24.6 Å². The molecule has 3 fully saturated rings. The monoisotopic (exact) mass is 1040 g/mol. The van der Waals surface area contributed by atoms with Crippen LogP contribution in [0.15, 0.2) is 23.3 Å². The van der Waals surface area contributed by atoms with Crippen LogP contribution >= 0.6 is 0 Å². The first kappa shape index (κ1) is 61.4. The van der Waals surface area contributed by atoms with Gasteiger partial charge in [0.2, 0.25) is 5.79 Å². The third kappa shape index (κ3) is 15.1. The number of cyclic esters (lactones) is 1. The van der Waals surface area contributed by atoms with Crippen LogP contribution in [0, 0.1) is 29.6 Å². The topological polar surface area (TPSA) is 177 Å². The fraction of sp³-hybridized carbons (Fsp3) is 0.855. The largest absolute Gasteiger partial charge is 0.456 e. The zero-order valence-electron chi connectivity index (χ0n) is 47.2. The molecule has 0 aromatic carbocycles. The smallest absolute Gasteiger partial charge is 0.329 e. The van der Waals surface area contributed by atoms with Crippen molar-refractivity contribution >= 4 is 40.1 Å². The molecule has 14 nitrogen and oxygen atoms in total. The van der Waals surface area contributed by atoms with E-state index in [1.807, 2.05) is 26.8 Å². The lowest BCUT2D eigenvalue weighted by atomic mass is 9.81. The SMILES string of the molecule is CO[C@H]1C[C@@H](C)C/C(C)=C/[C@@H](CCO)C(=O)C[C@H](O[Si](C)(C)C(C)(C)C)[C@@H](C)[C@@H](/C(C)=C/C2CC[C@H](O[Si](C)(C)C(C)(C)C)[C@H](OC)C2)OC(=O)C2CCCCN2C(=O)C(=O)[C@]2(O)O[C@H]1[C@@H](OC)C[C@H]2C.